The second-order valence-corrected chi connectivity index (χ2v) is 6.25. The van der Waals surface area contributed by atoms with Crippen molar-refractivity contribution < 1.29 is 4.79 Å². The number of carbonyl (C=O) groups excluding carboxylic acids is 1. The summed E-state index contributed by atoms with van der Waals surface area (Å²) in [6.45, 7) is 2.62. The summed E-state index contributed by atoms with van der Waals surface area (Å²) in [5.41, 5.74) is 3.55. The Hall–Kier alpha value is -1.81. The molecule has 20 heavy (non-hydrogen) atoms. The van der Waals surface area contributed by atoms with Gasteiger partial charge in [-0.2, -0.15) is 0 Å². The third kappa shape index (κ3) is 2.85. The normalized spacial score (nSPS) is 16.8. The fraction of sp³-hybridized carbons (Fsp3) is 0.250. The van der Waals surface area contributed by atoms with Crippen LogP contribution in [-0.4, -0.2) is 16.1 Å². The summed E-state index contributed by atoms with van der Waals surface area (Å²) in [6.07, 6.45) is 4.33. The first-order chi connectivity index (χ1) is 9.72. The van der Waals surface area contributed by atoms with Crippen molar-refractivity contribution >= 4 is 17.7 Å². The smallest absolute Gasteiger partial charge is 0.234 e. The number of aromatic nitrogens is 1. The molecule has 0 aliphatic carbocycles. The third-order valence-electron chi connectivity index (χ3n) is 3.38. The van der Waals surface area contributed by atoms with E-state index in [2.05, 4.69) is 35.4 Å². The molecule has 4 heteroatoms. The standard InChI is InChI=1S/C16H16N2OS/c1-11-4-5-13-8-15(20-14(13)7-11)16(19)18-10-12-3-2-6-17-9-12/h2-7,9,15H,8,10H2,1H3,(H,18,19)/t15-/m0/s1. The van der Waals surface area contributed by atoms with E-state index < -0.39 is 0 Å². The van der Waals surface area contributed by atoms with Crippen molar-refractivity contribution in [2.24, 2.45) is 0 Å². The molecule has 3 nitrogen and oxygen atoms in total. The Balaban J connectivity index is 1.60. The van der Waals surface area contributed by atoms with Crippen LogP contribution < -0.4 is 5.32 Å². The number of hydrogen-bond acceptors (Lipinski definition) is 3. The fourth-order valence-corrected chi connectivity index (χ4v) is 3.60. The molecular formula is C16H16N2OS. The average molecular weight is 284 g/mol. The van der Waals surface area contributed by atoms with Crippen LogP contribution in [0.1, 0.15) is 16.7 Å². The molecule has 1 aliphatic rings. The maximum Gasteiger partial charge on any atom is 0.234 e. The average Bonchev–Trinajstić information content (AvgIpc) is 2.89. The Kier molecular flexibility index (Phi) is 3.74. The lowest BCUT2D eigenvalue weighted by atomic mass is 10.1. The number of pyridine rings is 1. The van der Waals surface area contributed by atoms with Crippen LogP contribution in [0.4, 0.5) is 0 Å². The van der Waals surface area contributed by atoms with Gasteiger partial charge >= 0.3 is 0 Å². The minimum atomic E-state index is -0.0107. The van der Waals surface area contributed by atoms with Gasteiger partial charge in [0.2, 0.25) is 5.91 Å². The number of benzene rings is 1. The van der Waals surface area contributed by atoms with Crippen LogP contribution >= 0.6 is 11.8 Å². The van der Waals surface area contributed by atoms with Gasteiger partial charge in [0.05, 0.1) is 5.25 Å². The summed E-state index contributed by atoms with van der Waals surface area (Å²) in [6, 6.07) is 10.2. The second-order valence-electron chi connectivity index (χ2n) is 5.00. The first-order valence-electron chi connectivity index (χ1n) is 6.65. The van der Waals surface area contributed by atoms with Crippen LogP contribution in [0.3, 0.4) is 0 Å². The highest BCUT2D eigenvalue weighted by molar-refractivity contribution is 8.01. The minimum Gasteiger partial charge on any atom is -0.351 e. The number of amides is 1. The zero-order chi connectivity index (χ0) is 13.9. The Morgan fingerprint density at radius 1 is 1.45 bits per heavy atom. The van der Waals surface area contributed by atoms with Gasteiger partial charge in [0, 0.05) is 23.8 Å². The molecule has 1 amide bonds. The third-order valence-corrected chi connectivity index (χ3v) is 4.68. The summed E-state index contributed by atoms with van der Waals surface area (Å²) in [5, 5.41) is 2.98. The van der Waals surface area contributed by atoms with Gasteiger partial charge in [0.15, 0.2) is 0 Å². The number of nitrogens with one attached hydrogen (secondary N) is 1. The summed E-state index contributed by atoms with van der Waals surface area (Å²) in [7, 11) is 0. The lowest BCUT2D eigenvalue weighted by molar-refractivity contribution is -0.120. The van der Waals surface area contributed by atoms with Gasteiger partial charge in [-0.15, -0.1) is 11.8 Å². The molecule has 0 unspecified atom stereocenters. The molecular weight excluding hydrogens is 268 g/mol. The maximum absolute atomic E-state index is 12.2. The van der Waals surface area contributed by atoms with Crippen molar-refractivity contribution in [3.05, 3.63) is 59.4 Å². The molecule has 0 saturated carbocycles. The van der Waals surface area contributed by atoms with Gasteiger partial charge in [0.25, 0.3) is 0 Å². The van der Waals surface area contributed by atoms with Crippen molar-refractivity contribution in [2.45, 2.75) is 30.0 Å². The van der Waals surface area contributed by atoms with Crippen LogP contribution in [0, 0.1) is 6.92 Å². The maximum atomic E-state index is 12.2. The molecule has 1 aromatic carbocycles. The molecule has 3 rings (SSSR count). The van der Waals surface area contributed by atoms with Crippen molar-refractivity contribution in [3.8, 4) is 0 Å². The van der Waals surface area contributed by atoms with E-state index in [4.69, 9.17) is 0 Å². The topological polar surface area (TPSA) is 42.0 Å². The van der Waals surface area contributed by atoms with E-state index in [1.807, 2.05) is 12.1 Å². The molecule has 0 spiro atoms. The molecule has 0 fully saturated rings. The zero-order valence-corrected chi connectivity index (χ0v) is 12.1. The van der Waals surface area contributed by atoms with Gasteiger partial charge in [-0.3, -0.25) is 9.78 Å². The quantitative estimate of drug-likeness (QED) is 0.942. The number of fused-ring (bicyclic) bond motifs is 1. The molecule has 2 heterocycles. The van der Waals surface area contributed by atoms with Gasteiger partial charge in [-0.1, -0.05) is 23.8 Å². The summed E-state index contributed by atoms with van der Waals surface area (Å²) < 4.78 is 0. The molecule has 1 aromatic heterocycles. The fourth-order valence-electron chi connectivity index (χ4n) is 2.29. The van der Waals surface area contributed by atoms with Gasteiger partial charge < -0.3 is 5.32 Å². The van der Waals surface area contributed by atoms with Crippen LogP contribution in [0.2, 0.25) is 0 Å². The Labute approximate surface area is 122 Å². The molecule has 2 aromatic rings. The Morgan fingerprint density at radius 3 is 3.15 bits per heavy atom. The van der Waals surface area contributed by atoms with E-state index in [1.165, 1.54) is 16.0 Å². The second kappa shape index (κ2) is 5.67. The predicted octanol–water partition coefficient (Wildman–Crippen LogP) is 2.72. The minimum absolute atomic E-state index is 0.0107. The highest BCUT2D eigenvalue weighted by atomic mass is 32.2. The number of rotatable bonds is 3. The first kappa shape index (κ1) is 13.2. The number of nitrogens with zero attached hydrogens (tertiary/aromatic N) is 1. The van der Waals surface area contributed by atoms with Gasteiger partial charge in [-0.25, -0.2) is 0 Å². The largest absolute Gasteiger partial charge is 0.351 e. The van der Waals surface area contributed by atoms with Crippen molar-refractivity contribution in [1.29, 1.82) is 0 Å². The van der Waals surface area contributed by atoms with E-state index in [-0.39, 0.29) is 11.2 Å². The predicted molar refractivity (Wildman–Crippen MR) is 80.6 cm³/mol. The molecule has 102 valence electrons. The molecule has 0 saturated heterocycles. The van der Waals surface area contributed by atoms with Crippen LogP contribution in [0.15, 0.2) is 47.6 Å². The molecule has 0 bridgehead atoms. The van der Waals surface area contributed by atoms with Gasteiger partial charge in [0.1, 0.15) is 0 Å². The van der Waals surface area contributed by atoms with Crippen LogP contribution in [0.25, 0.3) is 0 Å². The van der Waals surface area contributed by atoms with Crippen LogP contribution in [-0.2, 0) is 17.8 Å². The van der Waals surface area contributed by atoms with E-state index >= 15 is 0 Å². The molecule has 1 atom stereocenters. The van der Waals surface area contributed by atoms with Crippen molar-refractivity contribution in [3.63, 3.8) is 0 Å². The summed E-state index contributed by atoms with van der Waals surface area (Å²) in [4.78, 5) is 17.5. The number of carbonyl (C=O) groups is 1. The highest BCUT2D eigenvalue weighted by Gasteiger charge is 2.27. The number of aryl methyl sites for hydroxylation is 1. The molecule has 0 radical (unpaired) electrons. The van der Waals surface area contributed by atoms with E-state index in [9.17, 15) is 4.79 Å². The number of thioether (sulfide) groups is 1. The monoisotopic (exact) mass is 284 g/mol. The summed E-state index contributed by atoms with van der Waals surface area (Å²) in [5.74, 6) is 0.104. The van der Waals surface area contributed by atoms with Crippen molar-refractivity contribution in [2.75, 3.05) is 0 Å². The molecule has 1 N–H and O–H groups in total. The SMILES string of the molecule is Cc1ccc2c(c1)S[C@H](C(=O)NCc1cccnc1)C2. The van der Waals surface area contributed by atoms with E-state index in [0.717, 1.165) is 12.0 Å². The van der Waals surface area contributed by atoms with Gasteiger partial charge in [-0.05, 0) is 36.6 Å². The number of hydrogen-bond donors (Lipinski definition) is 1. The van der Waals surface area contributed by atoms with E-state index in [0.29, 0.717) is 6.54 Å². The van der Waals surface area contributed by atoms with Crippen LogP contribution in [0.5, 0.6) is 0 Å². The lowest BCUT2D eigenvalue weighted by Crippen LogP contribution is -2.31. The zero-order valence-electron chi connectivity index (χ0n) is 11.3. The lowest BCUT2D eigenvalue weighted by Gasteiger charge is -2.09. The Morgan fingerprint density at radius 2 is 2.35 bits per heavy atom. The van der Waals surface area contributed by atoms with Crippen molar-refractivity contribution in [1.82, 2.24) is 10.3 Å². The highest BCUT2D eigenvalue weighted by Crippen LogP contribution is 2.37. The summed E-state index contributed by atoms with van der Waals surface area (Å²) >= 11 is 1.67. The Bertz CT molecular complexity index is 628. The molecule has 1 aliphatic heterocycles. The van der Waals surface area contributed by atoms with E-state index in [1.54, 1.807) is 24.2 Å². The first-order valence-corrected chi connectivity index (χ1v) is 7.53.